The molecule has 6 N–H and O–H groups in total. The number of hydrogen-bond donors (Lipinski definition) is 6. The van der Waals surface area contributed by atoms with Crippen LogP contribution >= 0.6 is 0 Å². The molecule has 0 aliphatic carbocycles. The lowest BCUT2D eigenvalue weighted by atomic mass is 9.99. The average Bonchev–Trinajstić information content (AvgIpc) is 3.16. The SMILES string of the molecule is CCCCCCCCCCCCCCCCCC(=O)NC(COC1OC(CO)C(O)C(O)C1O)C(O)CCCCCCCCCCCCCCCCC. The van der Waals surface area contributed by atoms with E-state index in [4.69, 9.17) is 9.47 Å². The average molecular weight is 758 g/mol. The van der Waals surface area contributed by atoms with Crippen LogP contribution in [-0.4, -0.2) is 87.5 Å². The van der Waals surface area contributed by atoms with Crippen LogP contribution < -0.4 is 5.32 Å². The van der Waals surface area contributed by atoms with Crippen molar-refractivity contribution in [2.75, 3.05) is 13.2 Å². The largest absolute Gasteiger partial charge is 0.394 e. The zero-order chi connectivity index (χ0) is 38.8. The number of unbranched alkanes of at least 4 members (excludes halogenated alkanes) is 28. The summed E-state index contributed by atoms with van der Waals surface area (Å²) in [5.74, 6) is -0.141. The van der Waals surface area contributed by atoms with Crippen molar-refractivity contribution in [3.05, 3.63) is 0 Å². The highest BCUT2D eigenvalue weighted by Crippen LogP contribution is 2.23. The van der Waals surface area contributed by atoms with E-state index in [9.17, 15) is 30.3 Å². The van der Waals surface area contributed by atoms with Crippen molar-refractivity contribution in [1.29, 1.82) is 0 Å². The lowest BCUT2D eigenvalue weighted by Gasteiger charge is -2.40. The molecule has 0 aromatic rings. The lowest BCUT2D eigenvalue weighted by molar-refractivity contribution is -0.302. The number of hydrogen-bond acceptors (Lipinski definition) is 8. The van der Waals surface area contributed by atoms with E-state index in [0.717, 1.165) is 38.5 Å². The Hall–Kier alpha value is -0.810. The molecule has 7 unspecified atom stereocenters. The molecule has 0 spiro atoms. The summed E-state index contributed by atoms with van der Waals surface area (Å²) in [5, 5.41) is 54.3. The molecule has 9 heteroatoms. The molecule has 7 atom stereocenters. The summed E-state index contributed by atoms with van der Waals surface area (Å²) in [6.45, 7) is 3.84. The van der Waals surface area contributed by atoms with Gasteiger partial charge in [0.25, 0.3) is 0 Å². The second kappa shape index (κ2) is 35.6. The molecule has 9 nitrogen and oxygen atoms in total. The Morgan fingerprint density at radius 2 is 0.943 bits per heavy atom. The van der Waals surface area contributed by atoms with Gasteiger partial charge in [-0.05, 0) is 12.8 Å². The molecule has 1 rings (SSSR count). The maximum atomic E-state index is 12.9. The Morgan fingerprint density at radius 3 is 1.34 bits per heavy atom. The minimum absolute atomic E-state index is 0.132. The van der Waals surface area contributed by atoms with E-state index in [1.807, 2.05) is 0 Å². The van der Waals surface area contributed by atoms with E-state index in [0.29, 0.717) is 12.8 Å². The predicted octanol–water partition coefficient (Wildman–Crippen LogP) is 9.17. The third kappa shape index (κ3) is 26.6. The van der Waals surface area contributed by atoms with Crippen LogP contribution in [0.15, 0.2) is 0 Å². The second-order valence-electron chi connectivity index (χ2n) is 16.2. The van der Waals surface area contributed by atoms with Crippen molar-refractivity contribution in [3.8, 4) is 0 Å². The van der Waals surface area contributed by atoms with Crippen LogP contribution in [0.25, 0.3) is 0 Å². The second-order valence-corrected chi connectivity index (χ2v) is 16.2. The Kier molecular flexibility index (Phi) is 33.7. The quantitative estimate of drug-likeness (QED) is 0.0342. The van der Waals surface area contributed by atoms with Gasteiger partial charge in [0.15, 0.2) is 6.29 Å². The first-order valence-electron chi connectivity index (χ1n) is 22.7. The molecule has 53 heavy (non-hydrogen) atoms. The molecule has 0 bridgehead atoms. The molecule has 0 aromatic carbocycles. The topological polar surface area (TPSA) is 149 Å². The Bertz CT molecular complexity index is 801. The van der Waals surface area contributed by atoms with Crippen molar-refractivity contribution in [2.45, 2.75) is 262 Å². The van der Waals surface area contributed by atoms with Crippen LogP contribution in [0.5, 0.6) is 0 Å². The summed E-state index contributed by atoms with van der Waals surface area (Å²) in [4.78, 5) is 12.9. The van der Waals surface area contributed by atoms with Gasteiger partial charge in [0.1, 0.15) is 24.4 Å². The van der Waals surface area contributed by atoms with Crippen LogP contribution in [0, 0.1) is 0 Å². The summed E-state index contributed by atoms with van der Waals surface area (Å²) in [6, 6.07) is -0.710. The molecule has 0 saturated carbocycles. The van der Waals surface area contributed by atoms with Gasteiger partial charge in [-0.3, -0.25) is 4.79 Å². The highest BCUT2D eigenvalue weighted by molar-refractivity contribution is 5.76. The van der Waals surface area contributed by atoms with Crippen LogP contribution in [0.3, 0.4) is 0 Å². The van der Waals surface area contributed by atoms with E-state index >= 15 is 0 Å². The summed E-state index contributed by atoms with van der Waals surface area (Å²) >= 11 is 0. The monoisotopic (exact) mass is 758 g/mol. The van der Waals surface area contributed by atoms with E-state index in [-0.39, 0.29) is 12.5 Å². The highest BCUT2D eigenvalue weighted by Gasteiger charge is 2.44. The molecule has 316 valence electrons. The molecule has 1 aliphatic heterocycles. The number of rotatable bonds is 38. The van der Waals surface area contributed by atoms with Crippen LogP contribution in [-0.2, 0) is 14.3 Å². The number of ether oxygens (including phenoxy) is 2. The van der Waals surface area contributed by atoms with Crippen molar-refractivity contribution in [1.82, 2.24) is 5.32 Å². The summed E-state index contributed by atoms with van der Waals surface area (Å²) in [5.41, 5.74) is 0. The van der Waals surface area contributed by atoms with Gasteiger partial charge in [-0.25, -0.2) is 0 Å². The fourth-order valence-corrected chi connectivity index (χ4v) is 7.51. The first-order chi connectivity index (χ1) is 25.8. The lowest BCUT2D eigenvalue weighted by Crippen LogP contribution is -2.60. The van der Waals surface area contributed by atoms with Gasteiger partial charge >= 0.3 is 0 Å². The third-order valence-corrected chi connectivity index (χ3v) is 11.2. The van der Waals surface area contributed by atoms with Gasteiger partial charge in [0.05, 0.1) is 25.4 Å². The van der Waals surface area contributed by atoms with Crippen molar-refractivity contribution < 1.29 is 39.8 Å². The van der Waals surface area contributed by atoms with Gasteiger partial charge in [0.2, 0.25) is 5.91 Å². The molecule has 1 fully saturated rings. The third-order valence-electron chi connectivity index (χ3n) is 11.2. The zero-order valence-electron chi connectivity index (χ0n) is 34.5. The molecular weight excluding hydrogens is 670 g/mol. The minimum atomic E-state index is -1.55. The standard InChI is InChI=1S/C44H87NO8/c1-3-5-7-9-11-13-15-17-19-21-23-25-27-29-31-33-38(47)37(36-52-44-43(51)42(50)41(49)39(35-46)53-44)45-40(48)34-32-30-28-26-24-22-20-18-16-14-12-10-8-6-4-2/h37-39,41-44,46-47,49-51H,3-36H2,1-2H3,(H,45,48). The molecule has 0 aromatic heterocycles. The van der Waals surface area contributed by atoms with E-state index < -0.39 is 49.5 Å². The Labute approximate surface area is 325 Å². The number of carbonyl (C=O) groups is 1. The predicted molar refractivity (Wildman–Crippen MR) is 217 cm³/mol. The maximum absolute atomic E-state index is 12.9. The van der Waals surface area contributed by atoms with Crippen molar-refractivity contribution in [2.24, 2.45) is 0 Å². The number of amides is 1. The van der Waals surface area contributed by atoms with E-state index in [1.54, 1.807) is 0 Å². The Balaban J connectivity index is 2.33. The molecule has 1 aliphatic rings. The summed E-state index contributed by atoms with van der Waals surface area (Å²) in [6.07, 6.45) is 31.0. The first-order valence-corrected chi connectivity index (χ1v) is 22.7. The smallest absolute Gasteiger partial charge is 0.220 e. The highest BCUT2D eigenvalue weighted by atomic mass is 16.7. The van der Waals surface area contributed by atoms with Crippen molar-refractivity contribution >= 4 is 5.91 Å². The fourth-order valence-electron chi connectivity index (χ4n) is 7.51. The zero-order valence-corrected chi connectivity index (χ0v) is 34.5. The van der Waals surface area contributed by atoms with E-state index in [2.05, 4.69) is 19.2 Å². The van der Waals surface area contributed by atoms with Gasteiger partial charge in [-0.15, -0.1) is 0 Å². The number of nitrogens with one attached hydrogen (secondary N) is 1. The van der Waals surface area contributed by atoms with Gasteiger partial charge < -0.3 is 40.3 Å². The van der Waals surface area contributed by atoms with Gasteiger partial charge in [-0.2, -0.15) is 0 Å². The first kappa shape index (κ1) is 50.2. The molecule has 1 amide bonds. The van der Waals surface area contributed by atoms with Gasteiger partial charge in [-0.1, -0.05) is 200 Å². The summed E-state index contributed by atoms with van der Waals surface area (Å²) < 4.78 is 11.3. The van der Waals surface area contributed by atoms with Crippen LogP contribution in [0.4, 0.5) is 0 Å². The minimum Gasteiger partial charge on any atom is -0.394 e. The number of carbonyl (C=O) groups excluding carboxylic acids is 1. The van der Waals surface area contributed by atoms with Gasteiger partial charge in [0, 0.05) is 6.42 Å². The summed E-state index contributed by atoms with van der Waals surface area (Å²) in [7, 11) is 0. The number of aliphatic hydroxyl groups is 5. The Morgan fingerprint density at radius 1 is 0.566 bits per heavy atom. The van der Waals surface area contributed by atoms with Crippen LogP contribution in [0.2, 0.25) is 0 Å². The molecular formula is C44H87NO8. The normalized spacial score (nSPS) is 21.5. The number of aliphatic hydroxyl groups excluding tert-OH is 5. The molecule has 1 saturated heterocycles. The van der Waals surface area contributed by atoms with E-state index in [1.165, 1.54) is 154 Å². The maximum Gasteiger partial charge on any atom is 0.220 e. The molecule has 1 heterocycles. The van der Waals surface area contributed by atoms with Crippen molar-refractivity contribution in [3.63, 3.8) is 0 Å². The molecule has 0 radical (unpaired) electrons. The van der Waals surface area contributed by atoms with Crippen LogP contribution in [0.1, 0.15) is 219 Å². The fraction of sp³-hybridized carbons (Fsp3) is 0.977.